The second kappa shape index (κ2) is 22.2. The molecule has 6 rings (SSSR count). The number of aromatic amines is 1. The first-order valence-electron chi connectivity index (χ1n) is 23.4. The van der Waals surface area contributed by atoms with Crippen LogP contribution in [0.4, 0.5) is 5.95 Å². The highest BCUT2D eigenvalue weighted by atomic mass is 31.2. The Bertz CT molecular complexity index is 2480. The minimum atomic E-state index is -2.66. The number of ether oxygens (including phenoxy) is 4. The lowest BCUT2D eigenvalue weighted by atomic mass is 9.80. The molecule has 0 spiro atoms. The van der Waals surface area contributed by atoms with Crippen LogP contribution in [0.2, 0.25) is 18.1 Å². The van der Waals surface area contributed by atoms with E-state index in [1.54, 1.807) is 39.0 Å². The molecule has 3 heterocycles. The Morgan fingerprint density at radius 3 is 2.00 bits per heavy atom. The van der Waals surface area contributed by atoms with Gasteiger partial charge in [0.2, 0.25) is 11.9 Å². The highest BCUT2D eigenvalue weighted by molar-refractivity contribution is 7.50. The van der Waals surface area contributed by atoms with Gasteiger partial charge < -0.3 is 27.9 Å². The second-order valence-electron chi connectivity index (χ2n) is 19.6. The molecule has 17 heteroatoms. The van der Waals surface area contributed by atoms with Crippen molar-refractivity contribution in [2.75, 3.05) is 32.3 Å². The molecule has 366 valence electrons. The molecule has 2 unspecified atom stereocenters. The van der Waals surface area contributed by atoms with E-state index in [2.05, 4.69) is 99.7 Å². The highest BCUT2D eigenvalue weighted by Gasteiger charge is 2.54. The van der Waals surface area contributed by atoms with Crippen molar-refractivity contribution in [3.05, 3.63) is 112 Å². The lowest BCUT2D eigenvalue weighted by Crippen LogP contribution is -2.50. The predicted molar refractivity (Wildman–Crippen MR) is 269 cm³/mol. The first-order chi connectivity index (χ1) is 32.3. The van der Waals surface area contributed by atoms with E-state index in [0.717, 1.165) is 16.7 Å². The number of hydrogen-bond donors (Lipinski definition) is 2. The number of carbonyl (C=O) groups is 1. The maximum Gasteiger partial charge on any atom is 0.280 e. The number of carbonyl (C=O) groups excluding carboxylic acids is 1. The highest BCUT2D eigenvalue weighted by Crippen LogP contribution is 2.52. The maximum absolute atomic E-state index is 13.6. The monoisotopic (exact) mass is 967 g/mol. The van der Waals surface area contributed by atoms with Crippen molar-refractivity contribution in [2.24, 2.45) is 5.92 Å². The van der Waals surface area contributed by atoms with Crippen LogP contribution in [-0.2, 0) is 28.8 Å². The summed E-state index contributed by atoms with van der Waals surface area (Å²) in [7, 11) is -0.736. The van der Waals surface area contributed by atoms with E-state index in [9.17, 15) is 14.9 Å². The quantitative estimate of drug-likeness (QED) is 0.0309. The molecule has 5 atom stereocenters. The number of unbranched alkanes of at least 4 members (excludes halogenated alkanes) is 1. The zero-order chi connectivity index (χ0) is 49.6. The van der Waals surface area contributed by atoms with Gasteiger partial charge in [-0.1, -0.05) is 89.2 Å². The molecular weight excluding hydrogens is 898 g/mol. The second-order valence-corrected chi connectivity index (χ2v) is 26.2. The minimum absolute atomic E-state index is 0.00649. The predicted octanol–water partition coefficient (Wildman–Crippen LogP) is 10.1. The standard InChI is InChI=1S/C51H70N7O8PSi/c1-33(2)46(59)55-49-54-45-42(47(60)56-49)53-32-57(45)48-44(66-68(12,13)50(7,8)9)43(65-67(30-18-17-29-52)58(34(3)4)35(5)6)41(64-48)31-63-51(36-19-15-14-16-20-36,37-21-25-39(61-10)26-22-37)38-23-27-40(62-11)28-24-38/h14-16,19-28,32-35,41,43-44,48H,17-18,30-31H2,1-13H3,(H2,54,55,56,59,60)/t41-,43?,44+,48-,67?/m1/s1. The number of fused-ring (bicyclic) bond motifs is 1. The van der Waals surface area contributed by atoms with E-state index < -0.39 is 52.3 Å². The van der Waals surface area contributed by atoms with Crippen LogP contribution < -0.4 is 20.3 Å². The number of hydrogen-bond acceptors (Lipinski definition) is 12. The van der Waals surface area contributed by atoms with Crippen molar-refractivity contribution in [1.82, 2.24) is 24.2 Å². The summed E-state index contributed by atoms with van der Waals surface area (Å²) < 4.78 is 45.4. The van der Waals surface area contributed by atoms with E-state index in [-0.39, 0.29) is 52.7 Å². The van der Waals surface area contributed by atoms with Crippen molar-refractivity contribution in [3.8, 4) is 17.6 Å². The molecule has 1 aliphatic heterocycles. The third kappa shape index (κ3) is 11.4. The Kier molecular flexibility index (Phi) is 17.1. The van der Waals surface area contributed by atoms with Gasteiger partial charge in [0.05, 0.1) is 33.2 Å². The SMILES string of the molecule is COc1ccc(C(OC[C@H]2O[C@@H](n3cnc4c(=O)[nH]c(NC(=O)C(C)C)nc43)[C@@H](O[Si](C)(C)C(C)(C)C)C2OP(CCCC#N)N(C(C)C)C(C)C)(c2ccccc2)c2ccc(OC)cc2)cc1. The zero-order valence-electron chi connectivity index (χ0n) is 41.9. The van der Waals surface area contributed by atoms with E-state index in [0.29, 0.717) is 30.5 Å². The van der Waals surface area contributed by atoms with Crippen LogP contribution >= 0.6 is 8.30 Å². The molecule has 0 radical (unpaired) electrons. The van der Waals surface area contributed by atoms with E-state index in [1.165, 1.54) is 0 Å². The van der Waals surface area contributed by atoms with Crippen LogP contribution in [0.15, 0.2) is 90.0 Å². The topological polar surface area (TPSA) is 175 Å². The summed E-state index contributed by atoms with van der Waals surface area (Å²) in [4.78, 5) is 38.6. The number of amides is 1. The summed E-state index contributed by atoms with van der Waals surface area (Å²) in [6.07, 6.45) is -0.0272. The lowest BCUT2D eigenvalue weighted by molar-refractivity contribution is -0.118. The van der Waals surface area contributed by atoms with Gasteiger partial charge in [0, 0.05) is 30.6 Å². The normalized spacial score (nSPS) is 18.4. The molecule has 2 N–H and O–H groups in total. The number of benzene rings is 3. The van der Waals surface area contributed by atoms with Crippen molar-refractivity contribution in [2.45, 2.75) is 136 Å². The molecule has 5 aromatic rings. The Balaban J connectivity index is 1.59. The van der Waals surface area contributed by atoms with Crippen LogP contribution in [-0.4, -0.2) is 95.8 Å². The zero-order valence-corrected chi connectivity index (χ0v) is 43.8. The van der Waals surface area contributed by atoms with Crippen LogP contribution in [0.1, 0.15) is 98.1 Å². The summed E-state index contributed by atoms with van der Waals surface area (Å²) in [5, 5.41) is 12.2. The van der Waals surface area contributed by atoms with Crippen molar-refractivity contribution in [1.29, 1.82) is 5.26 Å². The van der Waals surface area contributed by atoms with Crippen LogP contribution in [0.5, 0.6) is 11.5 Å². The van der Waals surface area contributed by atoms with E-state index in [1.807, 2.05) is 66.7 Å². The molecule has 3 aromatic carbocycles. The van der Waals surface area contributed by atoms with Gasteiger partial charge in [-0.05, 0) is 93.2 Å². The van der Waals surface area contributed by atoms with Gasteiger partial charge in [-0.25, -0.2) is 4.98 Å². The summed E-state index contributed by atoms with van der Waals surface area (Å²) in [6, 6.07) is 28.4. The number of nitrogens with one attached hydrogen (secondary N) is 2. The number of aromatic nitrogens is 4. The molecule has 1 fully saturated rings. The fraction of sp³-hybridized carbons (Fsp3) is 0.510. The number of methoxy groups -OCH3 is 2. The van der Waals surface area contributed by atoms with Gasteiger partial charge in [-0.3, -0.25) is 29.1 Å². The average Bonchev–Trinajstić information content (AvgIpc) is 3.87. The first-order valence-corrected chi connectivity index (χ1v) is 27.8. The summed E-state index contributed by atoms with van der Waals surface area (Å²) in [5.41, 5.74) is 1.14. The van der Waals surface area contributed by atoms with Gasteiger partial charge in [0.25, 0.3) is 5.56 Å². The molecular formula is C51H70N7O8PSi. The van der Waals surface area contributed by atoms with E-state index >= 15 is 0 Å². The number of anilines is 1. The van der Waals surface area contributed by atoms with Crippen molar-refractivity contribution in [3.63, 3.8) is 0 Å². The van der Waals surface area contributed by atoms with Crippen LogP contribution in [0, 0.1) is 17.2 Å². The van der Waals surface area contributed by atoms with Crippen molar-refractivity contribution < 1.29 is 32.7 Å². The fourth-order valence-electron chi connectivity index (χ4n) is 8.32. The fourth-order valence-corrected chi connectivity index (χ4v) is 12.0. The van der Waals surface area contributed by atoms with Gasteiger partial charge in [-0.2, -0.15) is 10.2 Å². The third-order valence-corrected chi connectivity index (χ3v) is 19.9. The molecule has 68 heavy (non-hydrogen) atoms. The summed E-state index contributed by atoms with van der Waals surface area (Å²) >= 11 is 0. The molecule has 2 aromatic heterocycles. The van der Waals surface area contributed by atoms with Gasteiger partial charge >= 0.3 is 0 Å². The van der Waals surface area contributed by atoms with Crippen molar-refractivity contribution >= 4 is 39.6 Å². The number of rotatable bonds is 21. The molecule has 1 saturated heterocycles. The minimum Gasteiger partial charge on any atom is -0.497 e. The van der Waals surface area contributed by atoms with Gasteiger partial charge in [-0.15, -0.1) is 0 Å². The molecule has 0 bridgehead atoms. The molecule has 1 amide bonds. The average molecular weight is 968 g/mol. The molecule has 1 aliphatic rings. The molecule has 0 aliphatic carbocycles. The number of imidazole rings is 1. The molecule has 0 saturated carbocycles. The Hall–Kier alpha value is -4.98. The number of nitriles is 1. The van der Waals surface area contributed by atoms with Gasteiger partial charge in [0.15, 0.2) is 25.7 Å². The number of H-pyrrole nitrogens is 1. The summed E-state index contributed by atoms with van der Waals surface area (Å²) in [6.45, 7) is 23.1. The summed E-state index contributed by atoms with van der Waals surface area (Å²) in [5.74, 6) is 0.720. The van der Waals surface area contributed by atoms with Crippen LogP contribution in [0.25, 0.3) is 11.2 Å². The lowest BCUT2D eigenvalue weighted by Gasteiger charge is -2.43. The third-order valence-electron chi connectivity index (χ3n) is 12.8. The largest absolute Gasteiger partial charge is 0.497 e. The Morgan fingerprint density at radius 2 is 1.49 bits per heavy atom. The smallest absolute Gasteiger partial charge is 0.280 e. The first kappa shape index (κ1) is 52.4. The Morgan fingerprint density at radius 1 is 0.912 bits per heavy atom. The maximum atomic E-state index is 13.6. The Labute approximate surface area is 403 Å². The molecule has 15 nitrogen and oxygen atoms in total. The van der Waals surface area contributed by atoms with E-state index in [4.69, 9.17) is 32.9 Å². The van der Waals surface area contributed by atoms with Gasteiger partial charge in [0.1, 0.15) is 43.7 Å². The number of nitrogens with zero attached hydrogens (tertiary/aromatic N) is 5. The van der Waals surface area contributed by atoms with Crippen LogP contribution in [0.3, 0.4) is 0 Å².